The van der Waals surface area contributed by atoms with Crippen molar-refractivity contribution < 1.29 is 17.6 Å². The highest BCUT2D eigenvalue weighted by molar-refractivity contribution is 7.92. The zero-order valence-electron chi connectivity index (χ0n) is 13.7. The van der Waals surface area contributed by atoms with Crippen LogP contribution < -0.4 is 10.0 Å². The van der Waals surface area contributed by atoms with Crippen LogP contribution in [0.15, 0.2) is 53.9 Å². The van der Waals surface area contributed by atoms with Gasteiger partial charge in [-0.2, -0.15) is 0 Å². The van der Waals surface area contributed by atoms with Crippen LogP contribution >= 0.6 is 0 Å². The van der Waals surface area contributed by atoms with Gasteiger partial charge < -0.3 is 5.32 Å². The molecule has 5 nitrogen and oxygen atoms in total. The Hall–Kier alpha value is -2.51. The number of rotatable bonds is 7. The molecule has 0 bridgehead atoms. The van der Waals surface area contributed by atoms with Crippen LogP contribution in [0.4, 0.5) is 10.1 Å². The number of hydrogen-bond donors (Lipinski definition) is 2. The minimum Gasteiger partial charge on any atom is -0.326 e. The molecule has 0 unspecified atom stereocenters. The van der Waals surface area contributed by atoms with E-state index in [2.05, 4.69) is 10.0 Å². The topological polar surface area (TPSA) is 75.3 Å². The first-order chi connectivity index (χ1) is 11.9. The first kappa shape index (κ1) is 18.8. The number of nitrogens with one attached hydrogen (secondary N) is 2. The second-order valence-corrected chi connectivity index (χ2v) is 7.06. The van der Waals surface area contributed by atoms with Crippen LogP contribution in [0.1, 0.15) is 17.5 Å². The molecule has 2 aromatic rings. The molecule has 7 heteroatoms. The minimum atomic E-state index is -3.63. The molecule has 25 heavy (non-hydrogen) atoms. The Morgan fingerprint density at radius 3 is 2.60 bits per heavy atom. The SMILES string of the molecule is Cc1ccc(F)cc1NC(=O)CCNS(=O)(=O)C=Cc1ccccc1. The van der Waals surface area contributed by atoms with Crippen molar-refractivity contribution in [3.8, 4) is 0 Å². The summed E-state index contributed by atoms with van der Waals surface area (Å²) in [5.74, 6) is -0.851. The Balaban J connectivity index is 1.84. The summed E-state index contributed by atoms with van der Waals surface area (Å²) in [4.78, 5) is 11.9. The molecule has 1 amide bonds. The predicted octanol–water partition coefficient (Wildman–Crippen LogP) is 3.05. The smallest absolute Gasteiger partial charge is 0.233 e. The number of carbonyl (C=O) groups excluding carboxylic acids is 1. The average molecular weight is 362 g/mol. The summed E-state index contributed by atoms with van der Waals surface area (Å²) < 4.78 is 39.2. The highest BCUT2D eigenvalue weighted by Gasteiger charge is 2.09. The number of hydrogen-bond acceptors (Lipinski definition) is 3. The lowest BCUT2D eigenvalue weighted by atomic mass is 10.2. The molecule has 0 heterocycles. The van der Waals surface area contributed by atoms with E-state index in [0.29, 0.717) is 5.69 Å². The second kappa shape index (κ2) is 8.55. The minimum absolute atomic E-state index is 0.0539. The van der Waals surface area contributed by atoms with Crippen molar-refractivity contribution in [1.82, 2.24) is 4.72 Å². The zero-order valence-corrected chi connectivity index (χ0v) is 14.5. The van der Waals surface area contributed by atoms with Crippen molar-refractivity contribution >= 4 is 27.7 Å². The highest BCUT2D eigenvalue weighted by Crippen LogP contribution is 2.16. The maximum Gasteiger partial charge on any atom is 0.233 e. The van der Waals surface area contributed by atoms with E-state index in [-0.39, 0.29) is 13.0 Å². The fourth-order valence-electron chi connectivity index (χ4n) is 2.03. The van der Waals surface area contributed by atoms with Gasteiger partial charge in [-0.15, -0.1) is 0 Å². The second-order valence-electron chi connectivity index (χ2n) is 5.41. The van der Waals surface area contributed by atoms with E-state index in [0.717, 1.165) is 16.5 Å². The quantitative estimate of drug-likeness (QED) is 0.795. The van der Waals surface area contributed by atoms with Gasteiger partial charge in [-0.05, 0) is 36.3 Å². The Kier molecular flexibility index (Phi) is 6.44. The lowest BCUT2D eigenvalue weighted by Crippen LogP contribution is -2.26. The van der Waals surface area contributed by atoms with Crippen LogP contribution in [0.3, 0.4) is 0 Å². The van der Waals surface area contributed by atoms with Gasteiger partial charge >= 0.3 is 0 Å². The number of sulfonamides is 1. The Morgan fingerprint density at radius 2 is 1.88 bits per heavy atom. The molecule has 2 aromatic carbocycles. The number of amides is 1. The van der Waals surface area contributed by atoms with Crippen molar-refractivity contribution in [3.05, 3.63) is 70.9 Å². The number of halogens is 1. The van der Waals surface area contributed by atoms with Gasteiger partial charge in [0.1, 0.15) is 5.82 Å². The van der Waals surface area contributed by atoms with Crippen LogP contribution in [0, 0.1) is 12.7 Å². The van der Waals surface area contributed by atoms with Crippen molar-refractivity contribution in [1.29, 1.82) is 0 Å². The molecule has 2 N–H and O–H groups in total. The summed E-state index contributed by atoms with van der Waals surface area (Å²) in [7, 11) is -3.63. The van der Waals surface area contributed by atoms with Crippen LogP contribution in [0.2, 0.25) is 0 Å². The van der Waals surface area contributed by atoms with Gasteiger partial charge in [0.2, 0.25) is 15.9 Å². The number of anilines is 1. The van der Waals surface area contributed by atoms with Gasteiger partial charge in [-0.25, -0.2) is 17.5 Å². The molecule has 0 atom stereocenters. The first-order valence-electron chi connectivity index (χ1n) is 7.64. The summed E-state index contributed by atoms with van der Waals surface area (Å²) in [6.07, 6.45) is 1.41. The standard InChI is InChI=1S/C18H19FN2O3S/c1-14-7-8-16(19)13-17(14)21-18(22)9-11-20-25(23,24)12-10-15-5-3-2-4-6-15/h2-8,10,12-13,20H,9,11H2,1H3,(H,21,22). The first-order valence-corrected chi connectivity index (χ1v) is 9.19. The molecule has 0 fully saturated rings. The molecule has 0 saturated heterocycles. The summed E-state index contributed by atoms with van der Waals surface area (Å²) in [6, 6.07) is 13.1. The molecule has 0 spiro atoms. The van der Waals surface area contributed by atoms with E-state index >= 15 is 0 Å². The van der Waals surface area contributed by atoms with Gasteiger partial charge in [0.15, 0.2) is 0 Å². The Bertz CT molecular complexity index is 865. The lowest BCUT2D eigenvalue weighted by molar-refractivity contribution is -0.116. The van der Waals surface area contributed by atoms with Crippen LogP contribution in [-0.4, -0.2) is 20.9 Å². The van der Waals surface area contributed by atoms with Gasteiger partial charge in [0, 0.05) is 24.1 Å². The molecule has 132 valence electrons. The third-order valence-electron chi connectivity index (χ3n) is 3.37. The maximum absolute atomic E-state index is 13.2. The van der Waals surface area contributed by atoms with Crippen LogP contribution in [-0.2, 0) is 14.8 Å². The van der Waals surface area contributed by atoms with Gasteiger partial charge in [0.25, 0.3) is 0 Å². The van der Waals surface area contributed by atoms with E-state index < -0.39 is 21.7 Å². The summed E-state index contributed by atoms with van der Waals surface area (Å²) >= 11 is 0. The number of benzene rings is 2. The highest BCUT2D eigenvalue weighted by atomic mass is 32.2. The fraction of sp³-hybridized carbons (Fsp3) is 0.167. The molecule has 0 aliphatic heterocycles. The number of aryl methyl sites for hydroxylation is 1. The van der Waals surface area contributed by atoms with E-state index in [4.69, 9.17) is 0 Å². The monoisotopic (exact) mass is 362 g/mol. The summed E-state index contributed by atoms with van der Waals surface area (Å²) in [5.41, 5.74) is 1.85. The summed E-state index contributed by atoms with van der Waals surface area (Å²) in [5, 5.41) is 3.62. The van der Waals surface area contributed by atoms with Gasteiger partial charge in [0.05, 0.1) is 0 Å². The van der Waals surface area contributed by atoms with Crippen molar-refractivity contribution in [2.75, 3.05) is 11.9 Å². The van der Waals surface area contributed by atoms with Crippen LogP contribution in [0.5, 0.6) is 0 Å². The molecular weight excluding hydrogens is 343 g/mol. The Morgan fingerprint density at radius 1 is 1.16 bits per heavy atom. The zero-order chi connectivity index (χ0) is 18.3. The molecule has 0 radical (unpaired) electrons. The van der Waals surface area contributed by atoms with E-state index in [1.165, 1.54) is 18.2 Å². The van der Waals surface area contributed by atoms with Crippen LogP contribution in [0.25, 0.3) is 6.08 Å². The molecule has 0 aliphatic carbocycles. The van der Waals surface area contributed by atoms with Gasteiger partial charge in [-0.3, -0.25) is 4.79 Å². The largest absolute Gasteiger partial charge is 0.326 e. The summed E-state index contributed by atoms with van der Waals surface area (Å²) in [6.45, 7) is 1.69. The number of carbonyl (C=O) groups is 1. The molecule has 0 aliphatic rings. The van der Waals surface area contributed by atoms with Crippen molar-refractivity contribution in [3.63, 3.8) is 0 Å². The van der Waals surface area contributed by atoms with E-state index in [1.807, 2.05) is 6.07 Å². The maximum atomic E-state index is 13.2. The van der Waals surface area contributed by atoms with Gasteiger partial charge in [-0.1, -0.05) is 36.4 Å². The molecular formula is C18H19FN2O3S. The molecule has 0 aromatic heterocycles. The lowest BCUT2D eigenvalue weighted by Gasteiger charge is -2.08. The average Bonchev–Trinajstić information content (AvgIpc) is 2.57. The van der Waals surface area contributed by atoms with E-state index in [1.54, 1.807) is 37.3 Å². The molecule has 0 saturated carbocycles. The third kappa shape index (κ3) is 6.48. The normalized spacial score (nSPS) is 11.6. The Labute approximate surface area is 146 Å². The van der Waals surface area contributed by atoms with E-state index in [9.17, 15) is 17.6 Å². The molecule has 2 rings (SSSR count). The van der Waals surface area contributed by atoms with Crippen molar-refractivity contribution in [2.45, 2.75) is 13.3 Å². The third-order valence-corrected chi connectivity index (χ3v) is 4.47. The fourth-order valence-corrected chi connectivity index (χ4v) is 2.85. The predicted molar refractivity (Wildman–Crippen MR) is 96.8 cm³/mol. The van der Waals surface area contributed by atoms with Crippen molar-refractivity contribution in [2.24, 2.45) is 0 Å².